The van der Waals surface area contributed by atoms with E-state index in [0.717, 1.165) is 51.9 Å². The molecule has 1 unspecified atom stereocenters. The van der Waals surface area contributed by atoms with Crippen molar-refractivity contribution in [1.82, 2.24) is 20.1 Å². The van der Waals surface area contributed by atoms with Gasteiger partial charge in [-0.25, -0.2) is 4.98 Å². The van der Waals surface area contributed by atoms with Crippen LogP contribution in [0.25, 0.3) is 21.5 Å². The molecule has 5 rings (SSSR count). The fourth-order valence-electron chi connectivity index (χ4n) is 4.39. The molecule has 1 atom stereocenters. The summed E-state index contributed by atoms with van der Waals surface area (Å²) in [5, 5.41) is 10.6. The van der Waals surface area contributed by atoms with Crippen LogP contribution in [0.4, 0.5) is 0 Å². The molecular weight excluding hydrogens is 424 g/mol. The second-order valence-corrected chi connectivity index (χ2v) is 8.82. The van der Waals surface area contributed by atoms with Crippen molar-refractivity contribution in [2.75, 3.05) is 13.7 Å². The van der Waals surface area contributed by atoms with Crippen molar-refractivity contribution in [3.05, 3.63) is 59.1 Å². The Morgan fingerprint density at radius 2 is 2.03 bits per heavy atom. The van der Waals surface area contributed by atoms with Gasteiger partial charge in [-0.1, -0.05) is 30.3 Å². The van der Waals surface area contributed by atoms with E-state index in [1.54, 1.807) is 12.6 Å². The number of piperidine rings is 1. The first kappa shape index (κ1) is 20.6. The van der Waals surface area contributed by atoms with Gasteiger partial charge in [-0.05, 0) is 43.2 Å². The van der Waals surface area contributed by atoms with Crippen LogP contribution in [-0.2, 0) is 11.2 Å². The number of hydrogen-bond acceptors (Lipinski definition) is 7. The molecule has 0 N–H and O–H groups in total. The predicted octanol–water partition coefficient (Wildman–Crippen LogP) is 4.96. The number of hydrogen-bond donors (Lipinski definition) is 0. The molecule has 2 aromatic heterocycles. The van der Waals surface area contributed by atoms with E-state index in [1.807, 2.05) is 48.2 Å². The number of thiazole rings is 1. The molecule has 1 saturated heterocycles. The third-order valence-electron chi connectivity index (χ3n) is 6.02. The van der Waals surface area contributed by atoms with E-state index in [4.69, 9.17) is 9.15 Å². The van der Waals surface area contributed by atoms with Crippen LogP contribution in [-0.4, -0.2) is 39.6 Å². The van der Waals surface area contributed by atoms with Crippen molar-refractivity contribution < 1.29 is 13.9 Å². The molecule has 2 aromatic carbocycles. The molecule has 0 saturated carbocycles. The highest BCUT2D eigenvalue weighted by Crippen LogP contribution is 2.35. The quantitative estimate of drug-likeness (QED) is 0.429. The summed E-state index contributed by atoms with van der Waals surface area (Å²) in [7, 11) is 1.66. The van der Waals surface area contributed by atoms with E-state index in [2.05, 4.69) is 15.2 Å². The summed E-state index contributed by atoms with van der Waals surface area (Å²) in [6.07, 6.45) is 3.13. The summed E-state index contributed by atoms with van der Waals surface area (Å²) >= 11 is 1.48. The summed E-state index contributed by atoms with van der Waals surface area (Å²) in [5.74, 6) is 1.85. The van der Waals surface area contributed by atoms with Crippen LogP contribution in [0, 0.1) is 6.92 Å². The molecule has 8 heteroatoms. The zero-order valence-electron chi connectivity index (χ0n) is 18.1. The van der Waals surface area contributed by atoms with E-state index in [9.17, 15) is 4.79 Å². The van der Waals surface area contributed by atoms with Crippen molar-refractivity contribution in [3.8, 4) is 16.5 Å². The Morgan fingerprint density at radius 3 is 2.81 bits per heavy atom. The summed E-state index contributed by atoms with van der Waals surface area (Å²) < 4.78 is 11.5. The lowest BCUT2D eigenvalue weighted by molar-refractivity contribution is -0.134. The maximum absolute atomic E-state index is 13.4. The Labute approximate surface area is 190 Å². The molecule has 32 heavy (non-hydrogen) atoms. The molecule has 0 bridgehead atoms. The topological polar surface area (TPSA) is 81.4 Å². The first-order valence-electron chi connectivity index (χ1n) is 10.7. The average Bonchev–Trinajstić information content (AvgIpc) is 3.48. The number of aryl methyl sites for hydroxylation is 1. The number of benzene rings is 2. The minimum absolute atomic E-state index is 0.0683. The standard InChI is InChI=1S/C24H24N4O3S/c1-15-22(32-14-25-15)24-27-26-23(31-24)19-9-5-6-12-28(19)21(29)13-16-10-11-20(30-2)18-8-4-3-7-17(16)18/h3-4,7-8,10-11,14,19H,5-6,9,12-13H2,1-2H3. The van der Waals surface area contributed by atoms with Crippen molar-refractivity contribution in [2.24, 2.45) is 0 Å². The number of methoxy groups -OCH3 is 1. The van der Waals surface area contributed by atoms with Gasteiger partial charge in [0.05, 0.1) is 24.7 Å². The van der Waals surface area contributed by atoms with Gasteiger partial charge >= 0.3 is 0 Å². The summed E-state index contributed by atoms with van der Waals surface area (Å²) in [6.45, 7) is 2.61. The molecule has 0 radical (unpaired) electrons. The van der Waals surface area contributed by atoms with Crippen LogP contribution in [0.15, 0.2) is 46.3 Å². The zero-order valence-corrected chi connectivity index (χ0v) is 18.9. The van der Waals surface area contributed by atoms with E-state index in [0.29, 0.717) is 24.7 Å². The van der Waals surface area contributed by atoms with Gasteiger partial charge in [0.15, 0.2) is 0 Å². The maximum atomic E-state index is 13.4. The molecule has 1 fully saturated rings. The number of carbonyl (C=O) groups excluding carboxylic acids is 1. The van der Waals surface area contributed by atoms with Gasteiger partial charge in [0.25, 0.3) is 5.89 Å². The van der Waals surface area contributed by atoms with Gasteiger partial charge in [0.1, 0.15) is 16.7 Å². The SMILES string of the molecule is COc1ccc(CC(=O)N2CCCCC2c2nnc(-c3scnc3C)o2)c2ccccc12. The normalized spacial score (nSPS) is 16.4. The molecule has 0 aliphatic carbocycles. The Bertz CT molecular complexity index is 1270. The van der Waals surface area contributed by atoms with E-state index in [-0.39, 0.29) is 11.9 Å². The molecule has 1 amide bonds. The van der Waals surface area contributed by atoms with Crippen LogP contribution in [0.2, 0.25) is 0 Å². The third-order valence-corrected chi connectivity index (χ3v) is 6.94. The van der Waals surface area contributed by atoms with Crippen LogP contribution in [0.1, 0.15) is 42.5 Å². The highest BCUT2D eigenvalue weighted by molar-refractivity contribution is 7.13. The van der Waals surface area contributed by atoms with Crippen molar-refractivity contribution in [1.29, 1.82) is 0 Å². The molecule has 1 aliphatic rings. The Morgan fingerprint density at radius 1 is 1.19 bits per heavy atom. The van der Waals surface area contributed by atoms with Crippen molar-refractivity contribution in [2.45, 2.75) is 38.6 Å². The lowest BCUT2D eigenvalue weighted by Crippen LogP contribution is -2.39. The Kier molecular flexibility index (Phi) is 5.61. The molecule has 3 heterocycles. The van der Waals surface area contributed by atoms with Gasteiger partial charge in [-0.2, -0.15) is 0 Å². The fraction of sp³-hybridized carbons (Fsp3) is 0.333. The first-order valence-corrected chi connectivity index (χ1v) is 11.6. The number of aromatic nitrogens is 3. The van der Waals surface area contributed by atoms with Crippen molar-refractivity contribution in [3.63, 3.8) is 0 Å². The minimum atomic E-state index is -0.199. The van der Waals surface area contributed by atoms with Crippen molar-refractivity contribution >= 4 is 28.0 Å². The number of nitrogens with zero attached hydrogens (tertiary/aromatic N) is 4. The Balaban J connectivity index is 1.41. The number of carbonyl (C=O) groups is 1. The number of rotatable bonds is 5. The Hall–Kier alpha value is -3.26. The second kappa shape index (κ2) is 8.70. The smallest absolute Gasteiger partial charge is 0.259 e. The fourth-order valence-corrected chi connectivity index (χ4v) is 5.11. The monoisotopic (exact) mass is 448 g/mol. The summed E-state index contributed by atoms with van der Waals surface area (Å²) in [5.41, 5.74) is 3.62. The molecule has 1 aliphatic heterocycles. The van der Waals surface area contributed by atoms with E-state index in [1.165, 1.54) is 11.3 Å². The van der Waals surface area contributed by atoms with Crippen LogP contribution in [0.5, 0.6) is 5.75 Å². The lowest BCUT2D eigenvalue weighted by Gasteiger charge is -2.33. The molecular formula is C24H24N4O3S. The lowest BCUT2D eigenvalue weighted by atomic mass is 9.98. The average molecular weight is 449 g/mol. The van der Waals surface area contributed by atoms with Gasteiger partial charge < -0.3 is 14.1 Å². The van der Waals surface area contributed by atoms with Gasteiger partial charge in [0, 0.05) is 11.9 Å². The number of likely N-dealkylation sites (tertiary alicyclic amines) is 1. The second-order valence-electron chi connectivity index (χ2n) is 7.96. The summed E-state index contributed by atoms with van der Waals surface area (Å²) in [6, 6.07) is 11.7. The number of ether oxygens (including phenoxy) is 1. The van der Waals surface area contributed by atoms with Gasteiger partial charge in [-0.15, -0.1) is 21.5 Å². The third kappa shape index (κ3) is 3.75. The first-order chi connectivity index (χ1) is 15.7. The molecule has 7 nitrogen and oxygen atoms in total. The van der Waals surface area contributed by atoms with Crippen LogP contribution < -0.4 is 4.74 Å². The van der Waals surface area contributed by atoms with Crippen LogP contribution in [0.3, 0.4) is 0 Å². The number of amides is 1. The predicted molar refractivity (Wildman–Crippen MR) is 123 cm³/mol. The largest absolute Gasteiger partial charge is 0.496 e. The highest BCUT2D eigenvalue weighted by atomic mass is 32.1. The summed E-state index contributed by atoms with van der Waals surface area (Å²) in [4.78, 5) is 20.5. The zero-order chi connectivity index (χ0) is 22.1. The van der Waals surface area contributed by atoms with E-state index >= 15 is 0 Å². The van der Waals surface area contributed by atoms with Gasteiger partial charge in [0.2, 0.25) is 11.8 Å². The molecule has 0 spiro atoms. The maximum Gasteiger partial charge on any atom is 0.259 e. The number of fused-ring (bicyclic) bond motifs is 1. The molecule has 164 valence electrons. The highest BCUT2D eigenvalue weighted by Gasteiger charge is 2.32. The van der Waals surface area contributed by atoms with E-state index < -0.39 is 0 Å². The van der Waals surface area contributed by atoms with Crippen LogP contribution >= 0.6 is 11.3 Å². The van der Waals surface area contributed by atoms with Gasteiger partial charge in [-0.3, -0.25) is 4.79 Å². The minimum Gasteiger partial charge on any atom is -0.496 e. The molecule has 4 aromatic rings.